The number of carbonyl (C=O) groups excluding carboxylic acids is 1. The molecule has 104 valence electrons. The second kappa shape index (κ2) is 6.68. The molecule has 20 heavy (non-hydrogen) atoms. The summed E-state index contributed by atoms with van der Waals surface area (Å²) in [5.74, 6) is 0.653. The largest absolute Gasteiger partial charge is 0.497 e. The number of nitrogens with two attached hydrogens (primary N) is 1. The second-order valence-corrected chi connectivity index (χ2v) is 4.27. The molecule has 0 aliphatic carbocycles. The minimum absolute atomic E-state index is 0.141. The quantitative estimate of drug-likeness (QED) is 0.863. The van der Waals surface area contributed by atoms with Gasteiger partial charge in [0.15, 0.2) is 0 Å². The number of benzene rings is 1. The number of nitrogens with one attached hydrogen (secondary N) is 1. The number of aromatic nitrogens is 1. The first-order chi connectivity index (χ1) is 9.72. The maximum atomic E-state index is 12.0. The summed E-state index contributed by atoms with van der Waals surface area (Å²) in [6.07, 6.45) is 1.59. The highest BCUT2D eigenvalue weighted by Crippen LogP contribution is 2.11. The maximum absolute atomic E-state index is 12.0. The third-order valence-corrected chi connectivity index (χ3v) is 2.90. The molecular weight excluding hydrogens is 254 g/mol. The molecule has 2 aromatic rings. The van der Waals surface area contributed by atoms with E-state index < -0.39 is 0 Å². The SMILES string of the molecule is COc1ccc(CNC(=O)c2ccnc(CN)c2)cc1. The van der Waals surface area contributed by atoms with Crippen molar-refractivity contribution in [2.24, 2.45) is 5.73 Å². The summed E-state index contributed by atoms with van der Waals surface area (Å²) in [6.45, 7) is 0.780. The van der Waals surface area contributed by atoms with E-state index in [1.54, 1.807) is 25.4 Å². The van der Waals surface area contributed by atoms with Crippen LogP contribution in [0.25, 0.3) is 0 Å². The molecule has 0 bridgehead atoms. The smallest absolute Gasteiger partial charge is 0.251 e. The Hall–Kier alpha value is -2.40. The van der Waals surface area contributed by atoms with Gasteiger partial charge in [0, 0.05) is 24.8 Å². The van der Waals surface area contributed by atoms with Crippen LogP contribution in [0.15, 0.2) is 42.6 Å². The summed E-state index contributed by atoms with van der Waals surface area (Å²) in [7, 11) is 1.62. The molecule has 0 radical (unpaired) electrons. The highest BCUT2D eigenvalue weighted by atomic mass is 16.5. The van der Waals surface area contributed by atoms with E-state index in [4.69, 9.17) is 10.5 Å². The molecule has 0 atom stereocenters. The first-order valence-electron chi connectivity index (χ1n) is 6.29. The highest BCUT2D eigenvalue weighted by molar-refractivity contribution is 5.94. The van der Waals surface area contributed by atoms with Crippen LogP contribution in [0.3, 0.4) is 0 Å². The van der Waals surface area contributed by atoms with Crippen LogP contribution >= 0.6 is 0 Å². The van der Waals surface area contributed by atoms with Gasteiger partial charge in [-0.15, -0.1) is 0 Å². The topological polar surface area (TPSA) is 77.2 Å². The number of rotatable bonds is 5. The van der Waals surface area contributed by atoms with E-state index in [-0.39, 0.29) is 5.91 Å². The summed E-state index contributed by atoms with van der Waals surface area (Å²) in [4.78, 5) is 16.1. The Morgan fingerprint density at radius 3 is 2.70 bits per heavy atom. The van der Waals surface area contributed by atoms with Crippen LogP contribution in [-0.2, 0) is 13.1 Å². The van der Waals surface area contributed by atoms with Gasteiger partial charge in [-0.2, -0.15) is 0 Å². The minimum Gasteiger partial charge on any atom is -0.497 e. The molecular formula is C15H17N3O2. The summed E-state index contributed by atoms with van der Waals surface area (Å²) in [5, 5.41) is 2.86. The Morgan fingerprint density at radius 2 is 2.05 bits per heavy atom. The number of ether oxygens (including phenoxy) is 1. The van der Waals surface area contributed by atoms with Gasteiger partial charge in [0.1, 0.15) is 5.75 Å². The van der Waals surface area contributed by atoms with E-state index in [0.29, 0.717) is 24.3 Å². The molecule has 5 nitrogen and oxygen atoms in total. The summed E-state index contributed by atoms with van der Waals surface area (Å²) in [5.41, 5.74) is 7.77. The van der Waals surface area contributed by atoms with Crippen LogP contribution in [0.2, 0.25) is 0 Å². The number of pyridine rings is 1. The van der Waals surface area contributed by atoms with Crippen LogP contribution in [0, 0.1) is 0 Å². The fourth-order valence-electron chi connectivity index (χ4n) is 1.76. The van der Waals surface area contributed by atoms with Crippen molar-refractivity contribution in [2.75, 3.05) is 7.11 Å². The molecule has 0 saturated heterocycles. The zero-order chi connectivity index (χ0) is 14.4. The Bertz CT molecular complexity index is 582. The van der Waals surface area contributed by atoms with Gasteiger partial charge in [0.25, 0.3) is 5.91 Å². The molecule has 0 unspecified atom stereocenters. The Labute approximate surface area is 117 Å². The number of hydrogen-bond acceptors (Lipinski definition) is 4. The van der Waals surface area contributed by atoms with Gasteiger partial charge in [-0.3, -0.25) is 9.78 Å². The number of methoxy groups -OCH3 is 1. The molecule has 0 fully saturated rings. The predicted octanol–water partition coefficient (Wildman–Crippen LogP) is 1.48. The maximum Gasteiger partial charge on any atom is 0.251 e. The third kappa shape index (κ3) is 3.55. The molecule has 1 aromatic heterocycles. The van der Waals surface area contributed by atoms with E-state index in [0.717, 1.165) is 11.3 Å². The molecule has 0 aliphatic heterocycles. The molecule has 0 aliphatic rings. The van der Waals surface area contributed by atoms with E-state index in [1.807, 2.05) is 24.3 Å². The fraction of sp³-hybridized carbons (Fsp3) is 0.200. The number of carbonyl (C=O) groups is 1. The fourth-order valence-corrected chi connectivity index (χ4v) is 1.76. The van der Waals surface area contributed by atoms with E-state index >= 15 is 0 Å². The van der Waals surface area contributed by atoms with Crippen LogP contribution in [0.5, 0.6) is 5.75 Å². The molecule has 3 N–H and O–H groups in total. The van der Waals surface area contributed by atoms with Gasteiger partial charge in [-0.25, -0.2) is 0 Å². The molecule has 1 aromatic carbocycles. The van der Waals surface area contributed by atoms with Gasteiger partial charge in [0.05, 0.1) is 12.8 Å². The lowest BCUT2D eigenvalue weighted by molar-refractivity contribution is 0.0950. The lowest BCUT2D eigenvalue weighted by atomic mass is 10.2. The number of amides is 1. The lowest BCUT2D eigenvalue weighted by Gasteiger charge is -2.07. The van der Waals surface area contributed by atoms with Crippen LogP contribution in [0.1, 0.15) is 21.6 Å². The average Bonchev–Trinajstić information content (AvgIpc) is 2.53. The molecule has 2 rings (SSSR count). The van der Waals surface area contributed by atoms with E-state index in [1.165, 1.54) is 0 Å². The predicted molar refractivity (Wildman–Crippen MR) is 76.3 cm³/mol. The Morgan fingerprint density at radius 1 is 1.30 bits per heavy atom. The van der Waals surface area contributed by atoms with Crippen molar-refractivity contribution in [2.45, 2.75) is 13.1 Å². The van der Waals surface area contributed by atoms with Crippen LogP contribution in [-0.4, -0.2) is 18.0 Å². The normalized spacial score (nSPS) is 10.1. The van der Waals surface area contributed by atoms with Gasteiger partial charge in [-0.05, 0) is 29.8 Å². The molecule has 0 spiro atoms. The zero-order valence-electron chi connectivity index (χ0n) is 11.3. The number of nitrogens with zero attached hydrogens (tertiary/aromatic N) is 1. The summed E-state index contributed by atoms with van der Waals surface area (Å²) >= 11 is 0. The molecule has 5 heteroatoms. The molecule has 0 saturated carbocycles. The lowest BCUT2D eigenvalue weighted by Crippen LogP contribution is -2.23. The Balaban J connectivity index is 1.97. The van der Waals surface area contributed by atoms with Gasteiger partial charge in [-0.1, -0.05) is 12.1 Å². The van der Waals surface area contributed by atoms with Crippen molar-refractivity contribution in [3.05, 3.63) is 59.4 Å². The third-order valence-electron chi connectivity index (χ3n) is 2.90. The average molecular weight is 271 g/mol. The van der Waals surface area contributed by atoms with Crippen molar-refractivity contribution in [1.82, 2.24) is 10.3 Å². The second-order valence-electron chi connectivity index (χ2n) is 4.27. The first kappa shape index (κ1) is 14.0. The monoisotopic (exact) mass is 271 g/mol. The molecule has 1 amide bonds. The van der Waals surface area contributed by atoms with Gasteiger partial charge < -0.3 is 15.8 Å². The van der Waals surface area contributed by atoms with E-state index in [2.05, 4.69) is 10.3 Å². The van der Waals surface area contributed by atoms with Gasteiger partial charge >= 0.3 is 0 Å². The first-order valence-corrected chi connectivity index (χ1v) is 6.29. The van der Waals surface area contributed by atoms with Crippen molar-refractivity contribution in [3.63, 3.8) is 0 Å². The van der Waals surface area contributed by atoms with Crippen molar-refractivity contribution < 1.29 is 9.53 Å². The van der Waals surface area contributed by atoms with E-state index in [9.17, 15) is 4.79 Å². The number of hydrogen-bond donors (Lipinski definition) is 2. The molecule has 1 heterocycles. The van der Waals surface area contributed by atoms with Gasteiger partial charge in [0.2, 0.25) is 0 Å². The highest BCUT2D eigenvalue weighted by Gasteiger charge is 2.06. The minimum atomic E-state index is -0.141. The van der Waals surface area contributed by atoms with Crippen LogP contribution < -0.4 is 15.8 Å². The van der Waals surface area contributed by atoms with Crippen LogP contribution in [0.4, 0.5) is 0 Å². The van der Waals surface area contributed by atoms with Crippen molar-refractivity contribution in [3.8, 4) is 5.75 Å². The summed E-state index contributed by atoms with van der Waals surface area (Å²) in [6, 6.07) is 10.9. The Kier molecular flexibility index (Phi) is 4.68. The van der Waals surface area contributed by atoms with Crippen molar-refractivity contribution in [1.29, 1.82) is 0 Å². The zero-order valence-corrected chi connectivity index (χ0v) is 11.3. The summed E-state index contributed by atoms with van der Waals surface area (Å²) < 4.78 is 5.08. The standard InChI is InChI=1S/C15H17N3O2/c1-20-14-4-2-11(3-5-14)10-18-15(19)12-6-7-17-13(8-12)9-16/h2-8H,9-10,16H2,1H3,(H,18,19). The van der Waals surface area contributed by atoms with Crippen molar-refractivity contribution >= 4 is 5.91 Å².